The minimum absolute atomic E-state index is 0.135. The minimum atomic E-state index is 0.135. The average Bonchev–Trinajstić information content (AvgIpc) is 2.05. The normalized spacial score (nSPS) is 14.8. The topological polar surface area (TPSA) is 56.8 Å². The van der Waals surface area contributed by atoms with Crippen LogP contribution in [0.25, 0.3) is 0 Å². The van der Waals surface area contributed by atoms with Gasteiger partial charge in [-0.3, -0.25) is 4.99 Å². The van der Waals surface area contributed by atoms with Gasteiger partial charge < -0.3 is 15.2 Å². The van der Waals surface area contributed by atoms with Gasteiger partial charge in [0, 0.05) is 20.6 Å². The molecule has 0 aliphatic rings. The van der Waals surface area contributed by atoms with E-state index in [0.29, 0.717) is 25.4 Å². The number of aliphatic imine (C=N–C) groups is 1. The van der Waals surface area contributed by atoms with E-state index in [0.717, 1.165) is 0 Å². The molecule has 0 spiro atoms. The van der Waals surface area contributed by atoms with E-state index in [2.05, 4.69) is 4.99 Å². The second kappa shape index (κ2) is 7.06. The number of nitrogens with zero attached hydrogens (tertiary/aromatic N) is 1. The van der Waals surface area contributed by atoms with Gasteiger partial charge in [-0.25, -0.2) is 0 Å². The molecule has 4 nitrogen and oxygen atoms in total. The number of ether oxygens (including phenoxy) is 2. The van der Waals surface area contributed by atoms with Crippen molar-refractivity contribution in [3.63, 3.8) is 0 Å². The van der Waals surface area contributed by atoms with E-state index in [1.807, 2.05) is 6.92 Å². The van der Waals surface area contributed by atoms with Crippen LogP contribution in [-0.4, -0.2) is 39.3 Å². The molecule has 0 saturated carbocycles. The molecule has 2 N–H and O–H groups in total. The van der Waals surface area contributed by atoms with Crippen molar-refractivity contribution in [2.75, 3.05) is 27.4 Å². The van der Waals surface area contributed by atoms with Crippen molar-refractivity contribution in [3.8, 4) is 0 Å². The van der Waals surface area contributed by atoms with Gasteiger partial charge in [-0.15, -0.1) is 0 Å². The van der Waals surface area contributed by atoms with Gasteiger partial charge in [-0.05, 0) is 6.92 Å². The lowest BCUT2D eigenvalue weighted by Gasteiger charge is -2.07. The average molecular weight is 174 g/mol. The van der Waals surface area contributed by atoms with Crippen molar-refractivity contribution in [2.45, 2.75) is 19.4 Å². The molecule has 0 amide bonds. The van der Waals surface area contributed by atoms with Gasteiger partial charge in [0.1, 0.15) is 0 Å². The summed E-state index contributed by atoms with van der Waals surface area (Å²) in [4.78, 5) is 4.09. The molecule has 0 aromatic rings. The number of amidine groups is 1. The number of nitrogens with two attached hydrogens (primary N) is 1. The molecule has 0 aliphatic carbocycles. The van der Waals surface area contributed by atoms with Gasteiger partial charge >= 0.3 is 0 Å². The number of hydrogen-bond donors (Lipinski definition) is 1. The Balaban J connectivity index is 3.54. The summed E-state index contributed by atoms with van der Waals surface area (Å²) in [5.41, 5.74) is 5.61. The molecule has 0 fully saturated rings. The zero-order chi connectivity index (χ0) is 9.40. The maximum Gasteiger partial charge on any atom is 0.0964 e. The van der Waals surface area contributed by atoms with Crippen LogP contribution in [0.4, 0.5) is 0 Å². The highest BCUT2D eigenvalue weighted by Crippen LogP contribution is 1.94. The number of rotatable bonds is 6. The van der Waals surface area contributed by atoms with Crippen LogP contribution in [0.15, 0.2) is 4.99 Å². The minimum Gasteiger partial charge on any atom is -0.387 e. The van der Waals surface area contributed by atoms with Crippen LogP contribution in [-0.2, 0) is 9.47 Å². The first kappa shape index (κ1) is 11.4. The highest BCUT2D eigenvalue weighted by Gasteiger charge is 2.01. The van der Waals surface area contributed by atoms with Crippen molar-refractivity contribution >= 4 is 5.84 Å². The van der Waals surface area contributed by atoms with E-state index in [4.69, 9.17) is 15.2 Å². The molecule has 0 rings (SSSR count). The zero-order valence-electron chi connectivity index (χ0n) is 8.04. The van der Waals surface area contributed by atoms with Crippen LogP contribution in [0.5, 0.6) is 0 Å². The molecule has 0 radical (unpaired) electrons. The molecule has 0 aromatic carbocycles. The SMILES string of the molecule is COCCN=C(N)CC(C)OC. The summed E-state index contributed by atoms with van der Waals surface area (Å²) in [6.07, 6.45) is 0.816. The monoisotopic (exact) mass is 174 g/mol. The Labute approximate surface area is 73.8 Å². The first-order chi connectivity index (χ1) is 5.70. The van der Waals surface area contributed by atoms with Crippen molar-refractivity contribution < 1.29 is 9.47 Å². The molecular formula is C8H18N2O2. The van der Waals surface area contributed by atoms with Gasteiger partial charge in [0.2, 0.25) is 0 Å². The highest BCUT2D eigenvalue weighted by atomic mass is 16.5. The summed E-state index contributed by atoms with van der Waals surface area (Å²) in [7, 11) is 3.30. The largest absolute Gasteiger partial charge is 0.387 e. The van der Waals surface area contributed by atoms with E-state index in [-0.39, 0.29) is 6.10 Å². The molecule has 0 bridgehead atoms. The smallest absolute Gasteiger partial charge is 0.0964 e. The molecule has 0 aromatic heterocycles. The molecule has 1 atom stereocenters. The summed E-state index contributed by atoms with van der Waals surface area (Å²) < 4.78 is 9.86. The van der Waals surface area contributed by atoms with Crippen LogP contribution in [0.3, 0.4) is 0 Å². The third-order valence-corrected chi connectivity index (χ3v) is 1.51. The summed E-state index contributed by atoms with van der Waals surface area (Å²) in [6, 6.07) is 0. The zero-order valence-corrected chi connectivity index (χ0v) is 8.04. The Kier molecular flexibility index (Phi) is 6.70. The van der Waals surface area contributed by atoms with E-state index < -0.39 is 0 Å². The maximum atomic E-state index is 5.61. The van der Waals surface area contributed by atoms with Crippen molar-refractivity contribution in [2.24, 2.45) is 10.7 Å². The summed E-state index contributed by atoms with van der Waals surface area (Å²) in [5, 5.41) is 0. The summed E-state index contributed by atoms with van der Waals surface area (Å²) in [5.74, 6) is 0.626. The quantitative estimate of drug-likeness (QED) is 0.360. The molecule has 1 unspecified atom stereocenters. The van der Waals surface area contributed by atoms with Gasteiger partial charge in [0.15, 0.2) is 0 Å². The molecular weight excluding hydrogens is 156 g/mol. The van der Waals surface area contributed by atoms with Gasteiger partial charge in [0.25, 0.3) is 0 Å². The fraction of sp³-hybridized carbons (Fsp3) is 0.875. The van der Waals surface area contributed by atoms with Crippen LogP contribution in [0.1, 0.15) is 13.3 Å². The standard InChI is InChI=1S/C8H18N2O2/c1-7(12-3)6-8(9)10-4-5-11-2/h7H,4-6H2,1-3H3,(H2,9,10). The van der Waals surface area contributed by atoms with Gasteiger partial charge in [-0.2, -0.15) is 0 Å². The molecule has 4 heteroatoms. The molecule has 12 heavy (non-hydrogen) atoms. The van der Waals surface area contributed by atoms with Crippen LogP contribution >= 0.6 is 0 Å². The number of methoxy groups -OCH3 is 2. The Morgan fingerprint density at radius 1 is 1.50 bits per heavy atom. The van der Waals surface area contributed by atoms with Crippen LogP contribution < -0.4 is 5.73 Å². The van der Waals surface area contributed by atoms with Crippen molar-refractivity contribution in [1.82, 2.24) is 0 Å². The molecule has 72 valence electrons. The predicted molar refractivity (Wildman–Crippen MR) is 49.5 cm³/mol. The highest BCUT2D eigenvalue weighted by molar-refractivity contribution is 5.80. The van der Waals surface area contributed by atoms with Crippen molar-refractivity contribution in [3.05, 3.63) is 0 Å². The Hall–Kier alpha value is -0.610. The Morgan fingerprint density at radius 3 is 2.67 bits per heavy atom. The second-order valence-corrected chi connectivity index (χ2v) is 2.62. The van der Waals surface area contributed by atoms with Crippen molar-refractivity contribution in [1.29, 1.82) is 0 Å². The molecule has 0 aliphatic heterocycles. The van der Waals surface area contributed by atoms with E-state index >= 15 is 0 Å². The first-order valence-corrected chi connectivity index (χ1v) is 4.01. The van der Waals surface area contributed by atoms with Gasteiger partial charge in [0.05, 0.1) is 25.1 Å². The predicted octanol–water partition coefficient (Wildman–Crippen LogP) is 0.415. The summed E-state index contributed by atoms with van der Waals surface area (Å²) >= 11 is 0. The molecule has 0 heterocycles. The lowest BCUT2D eigenvalue weighted by atomic mass is 10.3. The van der Waals surface area contributed by atoms with E-state index in [1.54, 1.807) is 14.2 Å². The number of hydrogen-bond acceptors (Lipinski definition) is 3. The second-order valence-electron chi connectivity index (χ2n) is 2.62. The fourth-order valence-electron chi connectivity index (χ4n) is 0.723. The molecule has 0 saturated heterocycles. The lowest BCUT2D eigenvalue weighted by molar-refractivity contribution is 0.124. The first-order valence-electron chi connectivity index (χ1n) is 4.01. The van der Waals surface area contributed by atoms with Crippen LogP contribution in [0.2, 0.25) is 0 Å². The Morgan fingerprint density at radius 2 is 2.17 bits per heavy atom. The summed E-state index contributed by atoms with van der Waals surface area (Å²) in [6.45, 7) is 3.19. The van der Waals surface area contributed by atoms with E-state index in [9.17, 15) is 0 Å². The third-order valence-electron chi connectivity index (χ3n) is 1.51. The van der Waals surface area contributed by atoms with E-state index in [1.165, 1.54) is 0 Å². The Bertz CT molecular complexity index is 137. The van der Waals surface area contributed by atoms with Gasteiger partial charge in [-0.1, -0.05) is 0 Å². The van der Waals surface area contributed by atoms with Crippen LogP contribution in [0, 0.1) is 0 Å². The maximum absolute atomic E-state index is 5.61. The fourth-order valence-corrected chi connectivity index (χ4v) is 0.723. The third kappa shape index (κ3) is 6.12. The lowest BCUT2D eigenvalue weighted by Crippen LogP contribution is -2.20.